The Morgan fingerprint density at radius 2 is 1.44 bits per heavy atom. The normalized spacial score (nSPS) is 59.4. The van der Waals surface area contributed by atoms with Crippen molar-refractivity contribution in [2.45, 2.75) is 118 Å². The van der Waals surface area contributed by atoms with E-state index in [9.17, 15) is 10.2 Å². The molecule has 0 amide bonds. The first kappa shape index (κ1) is 23.4. The zero-order valence-corrected chi connectivity index (χ0v) is 22.0. The highest BCUT2D eigenvalue weighted by Crippen LogP contribution is 2.76. The molecule has 5 aliphatic carbocycles. The first-order valence-corrected chi connectivity index (χ1v) is 13.8. The second-order valence-corrected chi connectivity index (χ2v) is 14.7. The Kier molecular flexibility index (Phi) is 5.02. The van der Waals surface area contributed by atoms with Crippen LogP contribution in [0.4, 0.5) is 0 Å². The summed E-state index contributed by atoms with van der Waals surface area (Å²) in [4.78, 5) is 0. The molecule has 0 radical (unpaired) electrons. The SMILES string of the molecule is C=C1CCC2(C)C(O)CC3(C)C(CCC4C5(C)CCC(O)C(C)(C)C5CCC43C)C2C1C. The molecule has 0 aromatic carbocycles. The van der Waals surface area contributed by atoms with Crippen LogP contribution in [-0.4, -0.2) is 22.4 Å². The predicted molar refractivity (Wildman–Crippen MR) is 132 cm³/mol. The van der Waals surface area contributed by atoms with Gasteiger partial charge in [-0.05, 0) is 114 Å². The van der Waals surface area contributed by atoms with Crippen LogP contribution < -0.4 is 0 Å². The zero-order valence-electron chi connectivity index (χ0n) is 22.0. The first-order valence-electron chi connectivity index (χ1n) is 13.8. The third-order valence-electron chi connectivity index (χ3n) is 13.7. The molecule has 0 aromatic rings. The molecule has 5 rings (SSSR count). The van der Waals surface area contributed by atoms with Crippen molar-refractivity contribution in [3.8, 4) is 0 Å². The Bertz CT molecular complexity index is 801. The molecule has 2 nitrogen and oxygen atoms in total. The summed E-state index contributed by atoms with van der Waals surface area (Å²) in [5.74, 6) is 3.06. The Balaban J connectivity index is 1.57. The topological polar surface area (TPSA) is 40.5 Å². The summed E-state index contributed by atoms with van der Waals surface area (Å²) in [7, 11) is 0. The highest BCUT2D eigenvalue weighted by Gasteiger charge is 2.71. The van der Waals surface area contributed by atoms with E-state index in [0.717, 1.165) is 25.7 Å². The maximum absolute atomic E-state index is 11.7. The standard InChI is InChI=1S/C30H50O2/c1-18-11-14-28(6)24(32)17-30(8)20(25(28)19(18)2)9-10-22-27(5)15-13-23(31)26(3,4)21(27)12-16-29(22,30)7/h19-25,31-32H,1,9-17H2,2-8H3. The van der Waals surface area contributed by atoms with E-state index < -0.39 is 0 Å². The van der Waals surface area contributed by atoms with Crippen LogP contribution in [0.25, 0.3) is 0 Å². The van der Waals surface area contributed by atoms with Gasteiger partial charge >= 0.3 is 0 Å². The smallest absolute Gasteiger partial charge is 0.0602 e. The molecule has 32 heavy (non-hydrogen) atoms. The number of fused-ring (bicyclic) bond motifs is 7. The fourth-order valence-electron chi connectivity index (χ4n) is 11.4. The molecular formula is C30H50O2. The molecule has 5 aliphatic rings. The maximum Gasteiger partial charge on any atom is 0.0602 e. The molecule has 0 heterocycles. The Morgan fingerprint density at radius 3 is 2.12 bits per heavy atom. The van der Waals surface area contributed by atoms with Gasteiger partial charge in [0.15, 0.2) is 0 Å². The minimum atomic E-state index is -0.199. The third kappa shape index (κ3) is 2.61. The van der Waals surface area contributed by atoms with E-state index in [2.05, 4.69) is 55.0 Å². The largest absolute Gasteiger partial charge is 0.393 e. The number of allylic oxidation sites excluding steroid dienone is 1. The first-order chi connectivity index (χ1) is 14.7. The molecule has 0 saturated heterocycles. The van der Waals surface area contributed by atoms with E-state index in [-0.39, 0.29) is 33.9 Å². The lowest BCUT2D eigenvalue weighted by molar-refractivity contribution is -0.269. The molecule has 0 aliphatic heterocycles. The number of rotatable bonds is 0. The highest BCUT2D eigenvalue weighted by molar-refractivity contribution is 5.22. The third-order valence-corrected chi connectivity index (χ3v) is 13.7. The fourth-order valence-corrected chi connectivity index (χ4v) is 11.4. The van der Waals surface area contributed by atoms with Gasteiger partial charge in [-0.3, -0.25) is 0 Å². The van der Waals surface area contributed by atoms with E-state index >= 15 is 0 Å². The van der Waals surface area contributed by atoms with Crippen molar-refractivity contribution in [2.24, 2.45) is 56.7 Å². The van der Waals surface area contributed by atoms with E-state index in [1.54, 1.807) is 0 Å². The van der Waals surface area contributed by atoms with E-state index in [1.165, 1.54) is 37.7 Å². The summed E-state index contributed by atoms with van der Waals surface area (Å²) < 4.78 is 0. The molecule has 11 atom stereocenters. The number of aliphatic hydroxyl groups excluding tert-OH is 2. The average Bonchev–Trinajstić information content (AvgIpc) is 2.70. The molecule has 2 heteroatoms. The lowest BCUT2D eigenvalue weighted by atomic mass is 9.31. The summed E-state index contributed by atoms with van der Waals surface area (Å²) in [6, 6.07) is 0. The van der Waals surface area contributed by atoms with Gasteiger partial charge in [-0.15, -0.1) is 0 Å². The molecular weight excluding hydrogens is 392 g/mol. The summed E-state index contributed by atoms with van der Waals surface area (Å²) in [6.45, 7) is 21.8. The summed E-state index contributed by atoms with van der Waals surface area (Å²) in [5.41, 5.74) is 2.23. The van der Waals surface area contributed by atoms with Crippen LogP contribution in [0, 0.1) is 56.7 Å². The van der Waals surface area contributed by atoms with E-state index in [4.69, 9.17) is 0 Å². The van der Waals surface area contributed by atoms with Gasteiger partial charge < -0.3 is 10.2 Å². The second-order valence-electron chi connectivity index (χ2n) is 14.7. The predicted octanol–water partition coefficient (Wildman–Crippen LogP) is 7.00. The average molecular weight is 443 g/mol. The van der Waals surface area contributed by atoms with E-state index in [1.807, 2.05) is 0 Å². The van der Waals surface area contributed by atoms with Crippen molar-refractivity contribution in [2.75, 3.05) is 0 Å². The molecule has 11 unspecified atom stereocenters. The molecule has 0 spiro atoms. The van der Waals surface area contributed by atoms with Crippen LogP contribution >= 0.6 is 0 Å². The number of aliphatic hydroxyl groups is 2. The number of hydrogen-bond donors (Lipinski definition) is 2. The molecule has 5 saturated carbocycles. The minimum absolute atomic E-state index is 0.00631. The quantitative estimate of drug-likeness (QED) is 0.397. The van der Waals surface area contributed by atoms with Gasteiger partial charge in [0.25, 0.3) is 0 Å². The summed E-state index contributed by atoms with van der Waals surface area (Å²) >= 11 is 0. The van der Waals surface area contributed by atoms with Gasteiger partial charge in [-0.1, -0.05) is 60.6 Å². The van der Waals surface area contributed by atoms with Crippen LogP contribution in [0.1, 0.15) is 106 Å². The van der Waals surface area contributed by atoms with Crippen molar-refractivity contribution in [1.82, 2.24) is 0 Å². The van der Waals surface area contributed by atoms with Crippen LogP contribution in [0.5, 0.6) is 0 Å². The van der Waals surface area contributed by atoms with E-state index in [0.29, 0.717) is 35.0 Å². The van der Waals surface area contributed by atoms with Crippen molar-refractivity contribution < 1.29 is 10.2 Å². The lowest BCUT2D eigenvalue weighted by Crippen LogP contribution is -2.69. The lowest BCUT2D eigenvalue weighted by Gasteiger charge is -2.74. The molecule has 5 fully saturated rings. The highest BCUT2D eigenvalue weighted by atomic mass is 16.3. The Morgan fingerprint density at radius 1 is 0.750 bits per heavy atom. The fraction of sp³-hybridized carbons (Fsp3) is 0.933. The summed E-state index contributed by atoms with van der Waals surface area (Å²) in [6.07, 6.45) is 10.1. The van der Waals surface area contributed by atoms with Crippen LogP contribution in [-0.2, 0) is 0 Å². The van der Waals surface area contributed by atoms with Crippen molar-refractivity contribution in [1.29, 1.82) is 0 Å². The maximum atomic E-state index is 11.7. The van der Waals surface area contributed by atoms with Crippen LogP contribution in [0.15, 0.2) is 12.2 Å². The Labute approximate surface area is 197 Å². The molecule has 0 bridgehead atoms. The van der Waals surface area contributed by atoms with Gasteiger partial charge in [0, 0.05) is 0 Å². The van der Waals surface area contributed by atoms with Crippen molar-refractivity contribution >= 4 is 0 Å². The summed E-state index contributed by atoms with van der Waals surface area (Å²) in [5, 5.41) is 22.6. The van der Waals surface area contributed by atoms with Crippen molar-refractivity contribution in [3.05, 3.63) is 12.2 Å². The Hall–Kier alpha value is -0.340. The second kappa shape index (κ2) is 6.87. The zero-order chi connectivity index (χ0) is 23.5. The van der Waals surface area contributed by atoms with Gasteiger partial charge in [0.05, 0.1) is 12.2 Å². The number of hydrogen-bond acceptors (Lipinski definition) is 2. The van der Waals surface area contributed by atoms with Crippen LogP contribution in [0.3, 0.4) is 0 Å². The minimum Gasteiger partial charge on any atom is -0.393 e. The molecule has 182 valence electrons. The molecule has 0 aromatic heterocycles. The van der Waals surface area contributed by atoms with Gasteiger partial charge in [-0.2, -0.15) is 0 Å². The van der Waals surface area contributed by atoms with Gasteiger partial charge in [-0.25, -0.2) is 0 Å². The van der Waals surface area contributed by atoms with Crippen LogP contribution in [0.2, 0.25) is 0 Å². The monoisotopic (exact) mass is 442 g/mol. The molecule has 2 N–H and O–H groups in total. The van der Waals surface area contributed by atoms with Gasteiger partial charge in [0.2, 0.25) is 0 Å². The van der Waals surface area contributed by atoms with Crippen molar-refractivity contribution in [3.63, 3.8) is 0 Å². The van der Waals surface area contributed by atoms with Gasteiger partial charge in [0.1, 0.15) is 0 Å².